The van der Waals surface area contributed by atoms with Crippen molar-refractivity contribution in [2.45, 2.75) is 6.92 Å². The molecule has 0 bridgehead atoms. The zero-order valence-corrected chi connectivity index (χ0v) is 8.55. The molecule has 1 aliphatic heterocycles. The number of benzene rings is 1. The minimum absolute atomic E-state index is 0.850. The maximum Gasteiger partial charge on any atom is 0.133 e. The van der Waals surface area contributed by atoms with E-state index in [9.17, 15) is 0 Å². The fraction of sp³-hybridized carbons (Fsp3) is 0.455. The van der Waals surface area contributed by atoms with E-state index >= 15 is 0 Å². The number of rotatable bonds is 1. The average Bonchev–Trinajstić information content (AvgIpc) is 2.23. The van der Waals surface area contributed by atoms with E-state index in [-0.39, 0.29) is 0 Å². The van der Waals surface area contributed by atoms with Gasteiger partial charge in [0.15, 0.2) is 0 Å². The third-order valence-electron chi connectivity index (χ3n) is 2.78. The van der Waals surface area contributed by atoms with Gasteiger partial charge in [0.1, 0.15) is 18.8 Å². The quantitative estimate of drug-likeness (QED) is 0.622. The molecule has 1 fully saturated rings. The molecular weight excluding hydrogens is 176 g/mol. The summed E-state index contributed by atoms with van der Waals surface area (Å²) in [7, 11) is 0. The van der Waals surface area contributed by atoms with Crippen molar-refractivity contribution in [1.82, 2.24) is 0 Å². The van der Waals surface area contributed by atoms with Crippen LogP contribution in [0.2, 0.25) is 0 Å². The zero-order valence-electron chi connectivity index (χ0n) is 8.55. The van der Waals surface area contributed by atoms with E-state index in [4.69, 9.17) is 10.5 Å². The normalized spacial score (nSPS) is 18.4. The Bertz CT molecular complexity index is 319. The molecule has 1 saturated heterocycles. The first kappa shape index (κ1) is 9.49. The first-order valence-electron chi connectivity index (χ1n) is 5.06. The molecule has 14 heavy (non-hydrogen) atoms. The van der Waals surface area contributed by atoms with Gasteiger partial charge in [0.25, 0.3) is 0 Å². The Hall–Kier alpha value is -1.06. The van der Waals surface area contributed by atoms with Crippen LogP contribution < -0.4 is 10.6 Å². The van der Waals surface area contributed by atoms with E-state index < -0.39 is 0 Å². The van der Waals surface area contributed by atoms with E-state index in [1.165, 1.54) is 10.6 Å². The molecule has 0 spiro atoms. The van der Waals surface area contributed by atoms with E-state index in [2.05, 4.69) is 18.2 Å². The Labute approximate surface area is 84.5 Å². The fourth-order valence-electron chi connectivity index (χ4n) is 1.77. The second-order valence-electron chi connectivity index (χ2n) is 3.79. The Kier molecular flexibility index (Phi) is 2.70. The number of ether oxygens (including phenoxy) is 1. The molecular formula is C11H17N2O+. The Morgan fingerprint density at radius 3 is 2.64 bits per heavy atom. The van der Waals surface area contributed by atoms with Crippen molar-refractivity contribution in [3.8, 4) is 0 Å². The van der Waals surface area contributed by atoms with E-state index in [1.54, 1.807) is 0 Å². The van der Waals surface area contributed by atoms with Gasteiger partial charge < -0.3 is 10.5 Å². The highest BCUT2D eigenvalue weighted by Crippen LogP contribution is 2.13. The highest BCUT2D eigenvalue weighted by atomic mass is 16.5. The SMILES string of the molecule is Cc1ccc([NH+]2CCOCC2)cc1N. The summed E-state index contributed by atoms with van der Waals surface area (Å²) >= 11 is 0. The average molecular weight is 193 g/mol. The summed E-state index contributed by atoms with van der Waals surface area (Å²) in [6.45, 7) is 5.82. The third-order valence-corrected chi connectivity index (χ3v) is 2.78. The number of hydrogen-bond acceptors (Lipinski definition) is 2. The molecule has 0 radical (unpaired) electrons. The van der Waals surface area contributed by atoms with Gasteiger partial charge in [0.2, 0.25) is 0 Å². The van der Waals surface area contributed by atoms with Crippen LogP contribution in [0.3, 0.4) is 0 Å². The molecule has 3 heteroatoms. The lowest BCUT2D eigenvalue weighted by Gasteiger charge is -2.23. The molecule has 0 aliphatic carbocycles. The summed E-state index contributed by atoms with van der Waals surface area (Å²) < 4.78 is 5.32. The van der Waals surface area contributed by atoms with Crippen molar-refractivity contribution in [3.63, 3.8) is 0 Å². The number of nitrogens with one attached hydrogen (secondary N) is 1. The van der Waals surface area contributed by atoms with Crippen LogP contribution in [0.1, 0.15) is 5.56 Å². The molecule has 3 nitrogen and oxygen atoms in total. The highest BCUT2D eigenvalue weighted by Gasteiger charge is 2.16. The molecule has 0 saturated carbocycles. The van der Waals surface area contributed by atoms with Gasteiger partial charge in [-0.25, -0.2) is 0 Å². The fourth-order valence-corrected chi connectivity index (χ4v) is 1.77. The molecule has 76 valence electrons. The van der Waals surface area contributed by atoms with Crippen LogP contribution >= 0.6 is 0 Å². The number of nitrogens with two attached hydrogens (primary N) is 1. The van der Waals surface area contributed by atoms with Gasteiger partial charge in [-0.1, -0.05) is 6.07 Å². The summed E-state index contributed by atoms with van der Waals surface area (Å²) in [4.78, 5) is 1.47. The van der Waals surface area contributed by atoms with Crippen molar-refractivity contribution in [3.05, 3.63) is 23.8 Å². The molecule has 3 N–H and O–H groups in total. The molecule has 1 aromatic carbocycles. The summed E-state index contributed by atoms with van der Waals surface area (Å²) in [5.74, 6) is 0. The van der Waals surface area contributed by atoms with Crippen molar-refractivity contribution >= 4 is 11.4 Å². The Morgan fingerprint density at radius 1 is 1.29 bits per heavy atom. The van der Waals surface area contributed by atoms with Crippen LogP contribution in [0.15, 0.2) is 18.2 Å². The third kappa shape index (κ3) is 1.89. The molecule has 1 aromatic rings. The van der Waals surface area contributed by atoms with Crippen LogP contribution in [0, 0.1) is 6.92 Å². The van der Waals surface area contributed by atoms with Gasteiger partial charge in [-0.05, 0) is 18.6 Å². The van der Waals surface area contributed by atoms with Gasteiger partial charge in [-0.15, -0.1) is 0 Å². The minimum Gasteiger partial charge on any atom is -0.398 e. The second-order valence-corrected chi connectivity index (χ2v) is 3.79. The van der Waals surface area contributed by atoms with Crippen molar-refractivity contribution < 1.29 is 9.64 Å². The second kappa shape index (κ2) is 3.98. The van der Waals surface area contributed by atoms with Crippen LogP contribution in [0.25, 0.3) is 0 Å². The van der Waals surface area contributed by atoms with E-state index in [0.29, 0.717) is 0 Å². The largest absolute Gasteiger partial charge is 0.398 e. The zero-order chi connectivity index (χ0) is 9.97. The standard InChI is InChI=1S/C11H16N2O/c1-9-2-3-10(8-11(9)12)13-4-6-14-7-5-13/h2-3,8H,4-7,12H2,1H3/p+1. The van der Waals surface area contributed by atoms with Crippen LogP contribution in [-0.4, -0.2) is 26.3 Å². The number of anilines is 1. The first-order chi connectivity index (χ1) is 6.77. The number of morpholine rings is 1. The Morgan fingerprint density at radius 2 is 2.00 bits per heavy atom. The van der Waals surface area contributed by atoms with Gasteiger partial charge in [-0.2, -0.15) is 0 Å². The molecule has 1 heterocycles. The molecule has 2 rings (SSSR count). The van der Waals surface area contributed by atoms with Crippen LogP contribution in [-0.2, 0) is 4.74 Å². The lowest BCUT2D eigenvalue weighted by Crippen LogP contribution is -3.09. The lowest BCUT2D eigenvalue weighted by molar-refractivity contribution is -0.842. The maximum atomic E-state index is 5.88. The minimum atomic E-state index is 0.850. The summed E-state index contributed by atoms with van der Waals surface area (Å²) in [6, 6.07) is 6.33. The van der Waals surface area contributed by atoms with Gasteiger partial charge in [0, 0.05) is 11.8 Å². The maximum absolute atomic E-state index is 5.88. The molecule has 1 aliphatic rings. The summed E-state index contributed by atoms with van der Waals surface area (Å²) in [6.07, 6.45) is 0. The van der Waals surface area contributed by atoms with Gasteiger partial charge >= 0.3 is 0 Å². The Balaban J connectivity index is 2.18. The van der Waals surface area contributed by atoms with E-state index in [1.807, 2.05) is 6.92 Å². The van der Waals surface area contributed by atoms with Gasteiger partial charge in [0.05, 0.1) is 13.2 Å². The predicted octanol–water partition coefficient (Wildman–Crippen LogP) is 0.124. The monoisotopic (exact) mass is 193 g/mol. The van der Waals surface area contributed by atoms with Crippen molar-refractivity contribution in [2.75, 3.05) is 32.0 Å². The molecule has 0 unspecified atom stereocenters. The van der Waals surface area contributed by atoms with Crippen LogP contribution in [0.4, 0.5) is 11.4 Å². The number of aryl methyl sites for hydroxylation is 1. The van der Waals surface area contributed by atoms with Crippen molar-refractivity contribution in [2.24, 2.45) is 0 Å². The molecule has 0 aromatic heterocycles. The number of hydrogen-bond donors (Lipinski definition) is 2. The lowest BCUT2D eigenvalue weighted by atomic mass is 10.1. The smallest absolute Gasteiger partial charge is 0.133 e. The van der Waals surface area contributed by atoms with Crippen molar-refractivity contribution in [1.29, 1.82) is 0 Å². The summed E-state index contributed by atoms with van der Waals surface area (Å²) in [5.41, 5.74) is 9.22. The predicted molar refractivity (Wildman–Crippen MR) is 56.8 cm³/mol. The number of nitrogen functional groups attached to an aromatic ring is 1. The number of quaternary nitrogens is 1. The highest BCUT2D eigenvalue weighted by molar-refractivity contribution is 5.52. The van der Waals surface area contributed by atoms with Crippen LogP contribution in [0.5, 0.6) is 0 Å². The molecule has 0 atom stereocenters. The van der Waals surface area contributed by atoms with E-state index in [0.717, 1.165) is 37.6 Å². The van der Waals surface area contributed by atoms with Gasteiger partial charge in [-0.3, -0.25) is 4.90 Å². The molecule has 0 amide bonds. The first-order valence-corrected chi connectivity index (χ1v) is 5.06. The topological polar surface area (TPSA) is 39.7 Å². The summed E-state index contributed by atoms with van der Waals surface area (Å²) in [5, 5.41) is 0.